The van der Waals surface area contributed by atoms with Gasteiger partial charge in [-0.1, -0.05) is 25.4 Å². The molecule has 0 aliphatic heterocycles. The SMILES string of the molecule is CCCOc1ccc(NCc2ccc(CC)o2)cc1Cl. The highest BCUT2D eigenvalue weighted by Gasteiger charge is 2.04. The van der Waals surface area contributed by atoms with Crippen molar-refractivity contribution in [1.82, 2.24) is 0 Å². The number of hydrogen-bond acceptors (Lipinski definition) is 3. The van der Waals surface area contributed by atoms with E-state index in [1.807, 2.05) is 30.3 Å². The van der Waals surface area contributed by atoms with Gasteiger partial charge >= 0.3 is 0 Å². The molecular weight excluding hydrogens is 274 g/mol. The number of ether oxygens (including phenoxy) is 1. The average molecular weight is 294 g/mol. The van der Waals surface area contributed by atoms with Crippen molar-refractivity contribution >= 4 is 17.3 Å². The number of nitrogens with one attached hydrogen (secondary N) is 1. The zero-order valence-corrected chi connectivity index (χ0v) is 12.7. The fraction of sp³-hybridized carbons (Fsp3) is 0.375. The Hall–Kier alpha value is -1.61. The van der Waals surface area contributed by atoms with Crippen molar-refractivity contribution in [3.8, 4) is 5.75 Å². The van der Waals surface area contributed by atoms with Crippen molar-refractivity contribution < 1.29 is 9.15 Å². The van der Waals surface area contributed by atoms with Crippen molar-refractivity contribution in [2.75, 3.05) is 11.9 Å². The summed E-state index contributed by atoms with van der Waals surface area (Å²) in [4.78, 5) is 0. The average Bonchev–Trinajstić information content (AvgIpc) is 2.92. The third-order valence-electron chi connectivity index (χ3n) is 2.93. The Morgan fingerprint density at radius 1 is 1.15 bits per heavy atom. The number of rotatable bonds is 7. The quantitative estimate of drug-likeness (QED) is 0.789. The summed E-state index contributed by atoms with van der Waals surface area (Å²) in [6, 6.07) is 9.72. The Morgan fingerprint density at radius 3 is 2.60 bits per heavy atom. The van der Waals surface area contributed by atoms with E-state index in [0.717, 1.165) is 35.8 Å². The topological polar surface area (TPSA) is 34.4 Å². The van der Waals surface area contributed by atoms with Crippen LogP contribution < -0.4 is 10.1 Å². The minimum Gasteiger partial charge on any atom is -0.492 e. The first kappa shape index (κ1) is 14.8. The van der Waals surface area contributed by atoms with Crippen molar-refractivity contribution in [1.29, 1.82) is 0 Å². The molecular formula is C16H20ClNO2. The van der Waals surface area contributed by atoms with Crippen molar-refractivity contribution in [3.63, 3.8) is 0 Å². The first-order valence-corrected chi connectivity index (χ1v) is 7.34. The normalized spacial score (nSPS) is 10.6. The van der Waals surface area contributed by atoms with E-state index in [2.05, 4.69) is 19.2 Å². The summed E-state index contributed by atoms with van der Waals surface area (Å²) in [6.45, 7) is 5.47. The first-order chi connectivity index (χ1) is 9.72. The smallest absolute Gasteiger partial charge is 0.138 e. The summed E-state index contributed by atoms with van der Waals surface area (Å²) < 4.78 is 11.2. The molecule has 4 heteroatoms. The van der Waals surface area contributed by atoms with Crippen LogP contribution in [0.5, 0.6) is 5.75 Å². The van der Waals surface area contributed by atoms with Crippen LogP contribution in [0, 0.1) is 0 Å². The lowest BCUT2D eigenvalue weighted by atomic mass is 10.3. The fourth-order valence-corrected chi connectivity index (χ4v) is 2.07. The summed E-state index contributed by atoms with van der Waals surface area (Å²) in [5.74, 6) is 2.65. The van der Waals surface area contributed by atoms with Gasteiger partial charge in [0.1, 0.15) is 17.3 Å². The molecule has 0 atom stereocenters. The van der Waals surface area contributed by atoms with E-state index in [9.17, 15) is 0 Å². The van der Waals surface area contributed by atoms with E-state index in [4.69, 9.17) is 20.8 Å². The first-order valence-electron chi connectivity index (χ1n) is 6.96. The maximum Gasteiger partial charge on any atom is 0.138 e. The Labute approximate surface area is 124 Å². The summed E-state index contributed by atoms with van der Waals surface area (Å²) in [6.07, 6.45) is 1.88. The molecule has 2 aromatic rings. The van der Waals surface area contributed by atoms with Crippen LogP contribution in [-0.2, 0) is 13.0 Å². The van der Waals surface area contributed by atoms with Gasteiger partial charge in [-0.2, -0.15) is 0 Å². The van der Waals surface area contributed by atoms with Gasteiger partial charge in [-0.05, 0) is 36.8 Å². The zero-order valence-electron chi connectivity index (χ0n) is 11.9. The van der Waals surface area contributed by atoms with Gasteiger partial charge < -0.3 is 14.5 Å². The molecule has 0 unspecified atom stereocenters. The number of halogens is 1. The van der Waals surface area contributed by atoms with Gasteiger partial charge in [0.2, 0.25) is 0 Å². The van der Waals surface area contributed by atoms with Crippen LogP contribution in [0.25, 0.3) is 0 Å². The Bertz CT molecular complexity index is 551. The van der Waals surface area contributed by atoms with Crippen molar-refractivity contribution in [3.05, 3.63) is 46.9 Å². The molecule has 0 amide bonds. The molecule has 1 heterocycles. The molecule has 3 nitrogen and oxygen atoms in total. The third kappa shape index (κ3) is 3.94. The Balaban J connectivity index is 1.94. The highest BCUT2D eigenvalue weighted by atomic mass is 35.5. The van der Waals surface area contributed by atoms with E-state index >= 15 is 0 Å². The molecule has 0 fully saturated rings. The molecule has 0 radical (unpaired) electrons. The second-order valence-corrected chi connectivity index (χ2v) is 4.98. The van der Waals surface area contributed by atoms with E-state index in [0.29, 0.717) is 18.2 Å². The fourth-order valence-electron chi connectivity index (χ4n) is 1.84. The molecule has 0 saturated carbocycles. The van der Waals surface area contributed by atoms with Crippen LogP contribution >= 0.6 is 11.6 Å². The van der Waals surface area contributed by atoms with Crippen LogP contribution in [0.1, 0.15) is 31.8 Å². The largest absolute Gasteiger partial charge is 0.492 e. The highest BCUT2D eigenvalue weighted by Crippen LogP contribution is 2.28. The minimum atomic E-state index is 0.622. The highest BCUT2D eigenvalue weighted by molar-refractivity contribution is 6.32. The molecule has 2 rings (SSSR count). The lowest BCUT2D eigenvalue weighted by molar-refractivity contribution is 0.317. The molecule has 1 aromatic heterocycles. The molecule has 0 saturated heterocycles. The molecule has 0 aliphatic rings. The van der Waals surface area contributed by atoms with E-state index in [1.165, 1.54) is 0 Å². The second kappa shape index (κ2) is 7.25. The molecule has 108 valence electrons. The number of anilines is 1. The van der Waals surface area contributed by atoms with E-state index in [-0.39, 0.29) is 0 Å². The van der Waals surface area contributed by atoms with Crippen LogP contribution in [0.15, 0.2) is 34.7 Å². The van der Waals surface area contributed by atoms with Crippen molar-refractivity contribution in [2.24, 2.45) is 0 Å². The Morgan fingerprint density at radius 2 is 1.95 bits per heavy atom. The molecule has 1 N–H and O–H groups in total. The van der Waals surface area contributed by atoms with Gasteiger partial charge in [0.15, 0.2) is 0 Å². The predicted molar refractivity (Wildman–Crippen MR) is 82.7 cm³/mol. The maximum atomic E-state index is 6.19. The summed E-state index contributed by atoms with van der Waals surface area (Å²) >= 11 is 6.19. The zero-order chi connectivity index (χ0) is 14.4. The molecule has 0 spiro atoms. The Kier molecular flexibility index (Phi) is 5.36. The van der Waals surface area contributed by atoms with Crippen LogP contribution in [0.2, 0.25) is 5.02 Å². The number of hydrogen-bond donors (Lipinski definition) is 1. The van der Waals surface area contributed by atoms with Gasteiger partial charge in [0, 0.05) is 12.1 Å². The van der Waals surface area contributed by atoms with Gasteiger partial charge in [0.25, 0.3) is 0 Å². The van der Waals surface area contributed by atoms with Gasteiger partial charge in [-0.15, -0.1) is 0 Å². The van der Waals surface area contributed by atoms with Crippen LogP contribution in [0.4, 0.5) is 5.69 Å². The van der Waals surface area contributed by atoms with Crippen molar-refractivity contribution in [2.45, 2.75) is 33.2 Å². The second-order valence-electron chi connectivity index (χ2n) is 4.57. The summed E-state index contributed by atoms with van der Waals surface area (Å²) in [5, 5.41) is 3.91. The molecule has 0 aliphatic carbocycles. The third-order valence-corrected chi connectivity index (χ3v) is 3.22. The van der Waals surface area contributed by atoms with E-state index in [1.54, 1.807) is 0 Å². The standard InChI is InChI=1S/C16H20ClNO2/c1-3-9-19-16-8-5-12(10-15(16)17)18-11-14-7-6-13(4-2)20-14/h5-8,10,18H,3-4,9,11H2,1-2H3. The number of aryl methyl sites for hydroxylation is 1. The summed E-state index contributed by atoms with van der Waals surface area (Å²) in [5.41, 5.74) is 0.952. The lowest BCUT2D eigenvalue weighted by Crippen LogP contribution is -1.99. The van der Waals surface area contributed by atoms with Gasteiger partial charge in [-0.25, -0.2) is 0 Å². The number of benzene rings is 1. The minimum absolute atomic E-state index is 0.622. The maximum absolute atomic E-state index is 6.19. The van der Waals surface area contributed by atoms with Gasteiger partial charge in [0.05, 0.1) is 18.2 Å². The lowest BCUT2D eigenvalue weighted by Gasteiger charge is -2.09. The molecule has 0 bridgehead atoms. The van der Waals surface area contributed by atoms with E-state index < -0.39 is 0 Å². The molecule has 20 heavy (non-hydrogen) atoms. The molecule has 1 aromatic carbocycles. The monoisotopic (exact) mass is 293 g/mol. The van der Waals surface area contributed by atoms with Crippen LogP contribution in [0.3, 0.4) is 0 Å². The van der Waals surface area contributed by atoms with Crippen LogP contribution in [-0.4, -0.2) is 6.61 Å². The number of furan rings is 1. The summed E-state index contributed by atoms with van der Waals surface area (Å²) in [7, 11) is 0. The van der Waals surface area contributed by atoms with Gasteiger partial charge in [-0.3, -0.25) is 0 Å². The predicted octanol–water partition coefficient (Wildman–Crippen LogP) is 4.90.